The topological polar surface area (TPSA) is 48.1 Å². The number of thiazole rings is 1. The Morgan fingerprint density at radius 1 is 1.27 bits per heavy atom. The minimum absolute atomic E-state index is 0.143. The third kappa shape index (κ3) is 4.13. The minimum atomic E-state index is -4.47. The van der Waals surface area contributed by atoms with Crippen LogP contribution in [0.25, 0.3) is 11.3 Å². The highest BCUT2D eigenvalue weighted by molar-refractivity contribution is 7.13. The van der Waals surface area contributed by atoms with E-state index in [4.69, 9.17) is 10.5 Å². The number of nitrogens with two attached hydrogens (primary N) is 1. The predicted octanol–water partition coefficient (Wildman–Crippen LogP) is 4.98. The Morgan fingerprint density at radius 2 is 2.05 bits per heavy atom. The van der Waals surface area contributed by atoms with E-state index in [0.29, 0.717) is 16.4 Å². The summed E-state index contributed by atoms with van der Waals surface area (Å²) in [5, 5.41) is 1.95. The van der Waals surface area contributed by atoms with Crippen molar-refractivity contribution in [3.63, 3.8) is 0 Å². The molecule has 0 atom stereocenters. The zero-order valence-corrected chi connectivity index (χ0v) is 12.9. The Morgan fingerprint density at radius 3 is 2.64 bits per heavy atom. The molecule has 1 aromatic heterocycles. The lowest BCUT2D eigenvalue weighted by molar-refractivity contribution is -0.138. The van der Waals surface area contributed by atoms with Crippen LogP contribution in [0, 0.1) is 0 Å². The second-order valence-electron chi connectivity index (χ2n) is 4.84. The van der Waals surface area contributed by atoms with Crippen LogP contribution in [0.4, 0.5) is 18.3 Å². The number of aromatic nitrogens is 1. The number of anilines is 1. The molecular weight excluding hydrogens is 313 g/mol. The SMILES string of the molecule is CCCCCOc1ccc(-c2csc(N)n2)cc1C(F)(F)F. The van der Waals surface area contributed by atoms with Crippen LogP contribution < -0.4 is 10.5 Å². The molecule has 0 spiro atoms. The van der Waals surface area contributed by atoms with E-state index in [1.165, 1.54) is 17.4 Å². The van der Waals surface area contributed by atoms with Gasteiger partial charge in [-0.15, -0.1) is 11.3 Å². The number of halogens is 3. The van der Waals surface area contributed by atoms with Crippen molar-refractivity contribution in [2.45, 2.75) is 32.4 Å². The number of benzene rings is 1. The first kappa shape index (κ1) is 16.6. The predicted molar refractivity (Wildman–Crippen MR) is 82.0 cm³/mol. The maximum atomic E-state index is 13.2. The Hall–Kier alpha value is -1.76. The third-order valence-electron chi connectivity index (χ3n) is 3.11. The number of nitrogens with zero attached hydrogens (tertiary/aromatic N) is 1. The average molecular weight is 330 g/mol. The number of unbranched alkanes of at least 4 members (excludes halogenated alkanes) is 2. The summed E-state index contributed by atoms with van der Waals surface area (Å²) in [5.41, 5.74) is 5.55. The van der Waals surface area contributed by atoms with Crippen molar-refractivity contribution in [3.05, 3.63) is 29.1 Å². The van der Waals surface area contributed by atoms with Crippen LogP contribution in [-0.2, 0) is 6.18 Å². The Kier molecular flexibility index (Phi) is 5.28. The normalized spacial score (nSPS) is 11.6. The Balaban J connectivity index is 2.27. The summed E-state index contributed by atoms with van der Waals surface area (Å²) in [6.07, 6.45) is -1.83. The van der Waals surface area contributed by atoms with E-state index in [1.54, 1.807) is 11.4 Å². The van der Waals surface area contributed by atoms with E-state index in [0.717, 1.165) is 25.3 Å². The van der Waals surface area contributed by atoms with Crippen LogP contribution >= 0.6 is 11.3 Å². The zero-order chi connectivity index (χ0) is 16.2. The van der Waals surface area contributed by atoms with Gasteiger partial charge in [-0.25, -0.2) is 4.98 Å². The molecule has 0 aliphatic carbocycles. The van der Waals surface area contributed by atoms with Crippen LogP contribution in [-0.4, -0.2) is 11.6 Å². The van der Waals surface area contributed by atoms with E-state index in [9.17, 15) is 13.2 Å². The number of alkyl halides is 3. The quantitative estimate of drug-likeness (QED) is 0.760. The van der Waals surface area contributed by atoms with Crippen LogP contribution in [0.3, 0.4) is 0 Å². The summed E-state index contributed by atoms with van der Waals surface area (Å²) in [5.74, 6) is -0.143. The number of nitrogen functional groups attached to an aromatic ring is 1. The third-order valence-corrected chi connectivity index (χ3v) is 3.78. The van der Waals surface area contributed by atoms with Crippen molar-refractivity contribution in [2.24, 2.45) is 0 Å². The van der Waals surface area contributed by atoms with Gasteiger partial charge >= 0.3 is 6.18 Å². The molecule has 2 rings (SSSR count). The van der Waals surface area contributed by atoms with Gasteiger partial charge in [0.1, 0.15) is 5.75 Å². The number of hydrogen-bond acceptors (Lipinski definition) is 4. The van der Waals surface area contributed by atoms with E-state index >= 15 is 0 Å². The standard InChI is InChI=1S/C15H17F3N2OS/c1-2-3-4-7-21-13-6-5-10(8-11(13)15(16,17)18)12-9-22-14(19)20-12/h5-6,8-9H,2-4,7H2,1H3,(H2,19,20). The van der Waals surface area contributed by atoms with Crippen LogP contribution in [0.15, 0.2) is 23.6 Å². The minimum Gasteiger partial charge on any atom is -0.493 e. The second kappa shape index (κ2) is 7.00. The van der Waals surface area contributed by atoms with Gasteiger partial charge in [0, 0.05) is 10.9 Å². The first-order valence-corrected chi connectivity index (χ1v) is 7.85. The molecule has 0 fully saturated rings. The van der Waals surface area contributed by atoms with Crippen molar-refractivity contribution in [2.75, 3.05) is 12.3 Å². The lowest BCUT2D eigenvalue weighted by atomic mass is 10.1. The molecule has 7 heteroatoms. The van der Waals surface area contributed by atoms with Crippen molar-refractivity contribution in [1.82, 2.24) is 4.98 Å². The molecule has 2 N–H and O–H groups in total. The zero-order valence-electron chi connectivity index (χ0n) is 12.1. The fraction of sp³-hybridized carbons (Fsp3) is 0.400. The highest BCUT2D eigenvalue weighted by Gasteiger charge is 2.35. The maximum absolute atomic E-state index is 13.2. The second-order valence-corrected chi connectivity index (χ2v) is 5.72. The highest BCUT2D eigenvalue weighted by atomic mass is 32.1. The van der Waals surface area contributed by atoms with Gasteiger partial charge in [0.15, 0.2) is 5.13 Å². The number of rotatable bonds is 6. The first-order valence-electron chi connectivity index (χ1n) is 6.97. The molecule has 22 heavy (non-hydrogen) atoms. The van der Waals surface area contributed by atoms with Crippen molar-refractivity contribution >= 4 is 16.5 Å². The number of hydrogen-bond donors (Lipinski definition) is 1. The summed E-state index contributed by atoms with van der Waals surface area (Å²) in [4.78, 5) is 4.01. The first-order chi connectivity index (χ1) is 10.4. The lowest BCUT2D eigenvalue weighted by Gasteiger charge is -2.15. The largest absolute Gasteiger partial charge is 0.493 e. The Bertz CT molecular complexity index is 625. The monoisotopic (exact) mass is 330 g/mol. The average Bonchev–Trinajstić information content (AvgIpc) is 2.89. The summed E-state index contributed by atoms with van der Waals surface area (Å²) in [6, 6.07) is 3.97. The van der Waals surface area contributed by atoms with Gasteiger partial charge in [-0.2, -0.15) is 13.2 Å². The van der Waals surface area contributed by atoms with Gasteiger partial charge in [-0.05, 0) is 24.6 Å². The van der Waals surface area contributed by atoms with E-state index in [2.05, 4.69) is 4.98 Å². The Labute approximate surface area is 130 Å². The molecule has 0 bridgehead atoms. The summed E-state index contributed by atoms with van der Waals surface area (Å²) in [6.45, 7) is 2.30. The van der Waals surface area contributed by atoms with Crippen LogP contribution in [0.2, 0.25) is 0 Å². The van der Waals surface area contributed by atoms with E-state index in [1.807, 2.05) is 6.92 Å². The molecule has 0 radical (unpaired) electrons. The maximum Gasteiger partial charge on any atom is 0.419 e. The van der Waals surface area contributed by atoms with Crippen molar-refractivity contribution in [1.29, 1.82) is 0 Å². The molecule has 0 aliphatic rings. The molecule has 2 aromatic rings. The molecular formula is C15H17F3N2OS. The van der Waals surface area contributed by atoms with E-state index < -0.39 is 11.7 Å². The number of ether oxygens (including phenoxy) is 1. The summed E-state index contributed by atoms with van der Waals surface area (Å²) >= 11 is 1.19. The summed E-state index contributed by atoms with van der Waals surface area (Å²) in [7, 11) is 0. The molecule has 120 valence electrons. The van der Waals surface area contributed by atoms with Crippen molar-refractivity contribution < 1.29 is 17.9 Å². The molecule has 0 saturated carbocycles. The highest BCUT2D eigenvalue weighted by Crippen LogP contribution is 2.39. The molecule has 0 aliphatic heterocycles. The molecule has 1 heterocycles. The van der Waals surface area contributed by atoms with Gasteiger partial charge in [0.2, 0.25) is 0 Å². The lowest BCUT2D eigenvalue weighted by Crippen LogP contribution is -2.09. The van der Waals surface area contributed by atoms with Crippen molar-refractivity contribution in [3.8, 4) is 17.0 Å². The van der Waals surface area contributed by atoms with Gasteiger partial charge in [0.05, 0.1) is 17.9 Å². The van der Waals surface area contributed by atoms with Gasteiger partial charge in [-0.1, -0.05) is 19.8 Å². The molecule has 0 unspecified atom stereocenters. The molecule has 0 amide bonds. The van der Waals surface area contributed by atoms with Gasteiger partial charge in [0.25, 0.3) is 0 Å². The van der Waals surface area contributed by atoms with E-state index in [-0.39, 0.29) is 12.4 Å². The van der Waals surface area contributed by atoms with Crippen LogP contribution in [0.1, 0.15) is 31.7 Å². The summed E-state index contributed by atoms with van der Waals surface area (Å²) < 4.78 is 44.9. The molecule has 0 saturated heterocycles. The fourth-order valence-electron chi connectivity index (χ4n) is 1.99. The fourth-order valence-corrected chi connectivity index (χ4v) is 2.56. The molecule has 1 aromatic carbocycles. The van der Waals surface area contributed by atoms with Crippen LogP contribution in [0.5, 0.6) is 5.75 Å². The van der Waals surface area contributed by atoms with Gasteiger partial charge in [-0.3, -0.25) is 0 Å². The molecule has 3 nitrogen and oxygen atoms in total. The smallest absolute Gasteiger partial charge is 0.419 e. The van der Waals surface area contributed by atoms with Gasteiger partial charge < -0.3 is 10.5 Å².